The largest absolute Gasteiger partial charge is 0.396 e. The molecule has 0 spiro atoms. The lowest BCUT2D eigenvalue weighted by molar-refractivity contribution is 0.104. The fourth-order valence-corrected chi connectivity index (χ4v) is 2.61. The molecule has 0 fully saturated rings. The molecule has 2 nitrogen and oxygen atoms in total. The lowest BCUT2D eigenvalue weighted by Crippen LogP contribution is -2.01. The van der Waals surface area contributed by atoms with Crippen LogP contribution in [0.1, 0.15) is 15.2 Å². The summed E-state index contributed by atoms with van der Waals surface area (Å²) in [6, 6.07) is 7.50. The van der Waals surface area contributed by atoms with Crippen LogP contribution in [0.25, 0.3) is 0 Å². The normalized spacial score (nSPS) is 10.4. The molecule has 0 saturated heterocycles. The van der Waals surface area contributed by atoms with E-state index in [4.69, 9.17) is 5.73 Å². The zero-order chi connectivity index (χ0) is 11.7. The van der Waals surface area contributed by atoms with Crippen molar-refractivity contribution in [2.24, 2.45) is 0 Å². The van der Waals surface area contributed by atoms with Crippen LogP contribution in [0.5, 0.6) is 0 Å². The van der Waals surface area contributed by atoms with Crippen LogP contribution in [-0.4, -0.2) is 5.78 Å². The molecule has 0 saturated carbocycles. The summed E-state index contributed by atoms with van der Waals surface area (Å²) in [5.74, 6) is -0.661. The van der Waals surface area contributed by atoms with E-state index in [1.807, 2.05) is 0 Å². The second kappa shape index (κ2) is 4.35. The molecule has 0 aliphatic carbocycles. The van der Waals surface area contributed by atoms with E-state index in [0.29, 0.717) is 10.4 Å². The smallest absolute Gasteiger partial charge is 0.203 e. The molecule has 2 N–H and O–H groups in total. The van der Waals surface area contributed by atoms with Crippen molar-refractivity contribution in [2.45, 2.75) is 0 Å². The van der Waals surface area contributed by atoms with Gasteiger partial charge in [-0.1, -0.05) is 0 Å². The summed E-state index contributed by atoms with van der Waals surface area (Å²) < 4.78 is 13.8. The maximum absolute atomic E-state index is 12.9. The van der Waals surface area contributed by atoms with Crippen LogP contribution < -0.4 is 5.73 Å². The number of hydrogen-bond acceptors (Lipinski definition) is 3. The number of anilines is 1. The summed E-state index contributed by atoms with van der Waals surface area (Å²) in [7, 11) is 0. The lowest BCUT2D eigenvalue weighted by atomic mass is 10.1. The molecule has 1 heterocycles. The summed E-state index contributed by atoms with van der Waals surface area (Å²) in [5.41, 5.74) is 5.79. The van der Waals surface area contributed by atoms with Gasteiger partial charge in [-0.15, -0.1) is 11.3 Å². The molecule has 1 aromatic heterocycles. The zero-order valence-corrected chi connectivity index (χ0v) is 10.4. The van der Waals surface area contributed by atoms with Crippen molar-refractivity contribution in [3.63, 3.8) is 0 Å². The van der Waals surface area contributed by atoms with Crippen molar-refractivity contribution >= 4 is 38.7 Å². The molecule has 0 aliphatic heterocycles. The third-order valence-electron chi connectivity index (χ3n) is 2.06. The Morgan fingerprint density at radius 1 is 1.31 bits per heavy atom. The Hall–Kier alpha value is -1.20. The Kier molecular flexibility index (Phi) is 3.07. The van der Waals surface area contributed by atoms with E-state index in [9.17, 15) is 9.18 Å². The van der Waals surface area contributed by atoms with Crippen molar-refractivity contribution in [3.8, 4) is 0 Å². The molecule has 0 amide bonds. The highest BCUT2D eigenvalue weighted by Gasteiger charge is 2.12. The van der Waals surface area contributed by atoms with Gasteiger partial charge in [-0.2, -0.15) is 0 Å². The van der Waals surface area contributed by atoms with Gasteiger partial charge in [0.05, 0.1) is 14.4 Å². The summed E-state index contributed by atoms with van der Waals surface area (Å²) in [4.78, 5) is 12.5. The minimum Gasteiger partial charge on any atom is -0.396 e. The Morgan fingerprint density at radius 3 is 2.62 bits per heavy atom. The van der Waals surface area contributed by atoms with E-state index < -0.39 is 5.82 Å². The molecule has 0 aliphatic rings. The van der Waals surface area contributed by atoms with E-state index in [2.05, 4.69) is 15.9 Å². The van der Waals surface area contributed by atoms with Crippen molar-refractivity contribution in [2.75, 3.05) is 5.73 Å². The lowest BCUT2D eigenvalue weighted by Gasteiger charge is -2.00. The zero-order valence-electron chi connectivity index (χ0n) is 8.04. The molecule has 5 heteroatoms. The molecular formula is C11H7BrFNOS. The Morgan fingerprint density at radius 2 is 2.06 bits per heavy atom. The van der Waals surface area contributed by atoms with Gasteiger partial charge in [0.15, 0.2) is 0 Å². The number of benzene rings is 1. The van der Waals surface area contributed by atoms with Gasteiger partial charge in [-0.25, -0.2) is 4.39 Å². The Balaban J connectivity index is 2.38. The van der Waals surface area contributed by atoms with Crippen LogP contribution in [0.2, 0.25) is 0 Å². The average molecular weight is 300 g/mol. The molecule has 0 bridgehead atoms. The van der Waals surface area contributed by atoms with Crippen LogP contribution in [-0.2, 0) is 0 Å². The first-order chi connectivity index (χ1) is 7.58. The van der Waals surface area contributed by atoms with Gasteiger partial charge in [0.25, 0.3) is 0 Å². The van der Waals surface area contributed by atoms with Crippen LogP contribution >= 0.6 is 27.3 Å². The number of carbonyl (C=O) groups is 1. The van der Waals surface area contributed by atoms with Crippen LogP contribution in [0.3, 0.4) is 0 Å². The predicted octanol–water partition coefficient (Wildman–Crippen LogP) is 3.46. The second-order valence-electron chi connectivity index (χ2n) is 3.17. The van der Waals surface area contributed by atoms with E-state index in [-0.39, 0.29) is 11.5 Å². The van der Waals surface area contributed by atoms with Crippen molar-refractivity contribution in [1.82, 2.24) is 0 Å². The highest BCUT2D eigenvalue weighted by atomic mass is 79.9. The molecular weight excluding hydrogens is 293 g/mol. The standard InChI is InChI=1S/C11H7BrFNOS/c12-10-4-3-9(16-10)11(15)6-1-2-7(13)8(14)5-6/h1-5H,14H2. The number of ketones is 1. The van der Waals surface area contributed by atoms with E-state index in [0.717, 1.165) is 3.79 Å². The van der Waals surface area contributed by atoms with E-state index in [1.54, 1.807) is 12.1 Å². The Bertz CT molecular complexity index is 553. The highest BCUT2D eigenvalue weighted by molar-refractivity contribution is 9.11. The molecule has 16 heavy (non-hydrogen) atoms. The molecule has 82 valence electrons. The number of halogens is 2. The van der Waals surface area contributed by atoms with Gasteiger partial charge >= 0.3 is 0 Å². The summed E-state index contributed by atoms with van der Waals surface area (Å²) in [6.07, 6.45) is 0. The SMILES string of the molecule is Nc1cc(C(=O)c2ccc(Br)s2)ccc1F. The topological polar surface area (TPSA) is 43.1 Å². The van der Waals surface area contributed by atoms with E-state index in [1.165, 1.54) is 29.5 Å². The minimum atomic E-state index is -0.510. The van der Waals surface area contributed by atoms with Gasteiger partial charge in [0.1, 0.15) is 5.82 Å². The second-order valence-corrected chi connectivity index (χ2v) is 5.63. The first-order valence-electron chi connectivity index (χ1n) is 4.43. The number of thiophene rings is 1. The van der Waals surface area contributed by atoms with Crippen molar-refractivity contribution in [3.05, 3.63) is 50.4 Å². The summed E-state index contributed by atoms with van der Waals surface area (Å²) in [6.45, 7) is 0. The average Bonchev–Trinajstić information content (AvgIpc) is 2.68. The Labute approximate surface area is 104 Å². The third-order valence-corrected chi connectivity index (χ3v) is 3.68. The van der Waals surface area contributed by atoms with Crippen molar-refractivity contribution in [1.29, 1.82) is 0 Å². The first kappa shape index (κ1) is 11.3. The fourth-order valence-electron chi connectivity index (χ4n) is 1.26. The van der Waals surface area contributed by atoms with E-state index >= 15 is 0 Å². The number of nitrogens with two attached hydrogens (primary N) is 1. The van der Waals surface area contributed by atoms with Crippen LogP contribution in [0.4, 0.5) is 10.1 Å². The first-order valence-corrected chi connectivity index (χ1v) is 6.04. The van der Waals surface area contributed by atoms with Crippen molar-refractivity contribution < 1.29 is 9.18 Å². The number of rotatable bonds is 2. The van der Waals surface area contributed by atoms with Gasteiger partial charge in [0.2, 0.25) is 5.78 Å². The number of hydrogen-bond donors (Lipinski definition) is 1. The number of carbonyl (C=O) groups excluding carboxylic acids is 1. The molecule has 1 aromatic carbocycles. The minimum absolute atomic E-state index is 0.0125. The van der Waals surface area contributed by atoms with Gasteiger partial charge in [-0.05, 0) is 46.3 Å². The maximum atomic E-state index is 12.9. The van der Waals surface area contributed by atoms with Gasteiger partial charge in [0, 0.05) is 5.56 Å². The predicted molar refractivity (Wildman–Crippen MR) is 66.3 cm³/mol. The van der Waals surface area contributed by atoms with Gasteiger partial charge in [-0.3, -0.25) is 4.79 Å². The fraction of sp³-hybridized carbons (Fsp3) is 0. The summed E-state index contributed by atoms with van der Waals surface area (Å²) >= 11 is 4.61. The molecule has 0 radical (unpaired) electrons. The quantitative estimate of drug-likeness (QED) is 0.682. The highest BCUT2D eigenvalue weighted by Crippen LogP contribution is 2.25. The summed E-state index contributed by atoms with van der Waals surface area (Å²) in [5, 5.41) is 0. The number of nitrogen functional groups attached to an aromatic ring is 1. The molecule has 2 aromatic rings. The van der Waals surface area contributed by atoms with Crippen LogP contribution in [0.15, 0.2) is 34.1 Å². The monoisotopic (exact) mass is 299 g/mol. The third kappa shape index (κ3) is 2.15. The van der Waals surface area contributed by atoms with Gasteiger partial charge < -0.3 is 5.73 Å². The molecule has 0 unspecified atom stereocenters. The molecule has 0 atom stereocenters. The maximum Gasteiger partial charge on any atom is 0.203 e. The molecule has 2 rings (SSSR count). The van der Waals surface area contributed by atoms with Crippen LogP contribution in [0, 0.1) is 5.82 Å².